The number of halogens is 3. The van der Waals surface area contributed by atoms with E-state index in [1.165, 1.54) is 12.1 Å². The van der Waals surface area contributed by atoms with Crippen LogP contribution in [0.2, 0.25) is 0 Å². The molecule has 100 valence electrons. The third-order valence-electron chi connectivity index (χ3n) is 2.73. The first-order valence-corrected chi connectivity index (χ1v) is 5.87. The Labute approximate surface area is 106 Å². The molecule has 0 amide bonds. The molecule has 1 aromatic rings. The van der Waals surface area contributed by atoms with E-state index in [9.17, 15) is 13.2 Å². The van der Waals surface area contributed by atoms with E-state index >= 15 is 0 Å². The number of likely N-dealkylation sites (N-methyl/N-ethyl adjacent to an activating group) is 1. The monoisotopic (exact) mass is 257 g/mol. The molecule has 1 nitrogen and oxygen atoms in total. The van der Waals surface area contributed by atoms with Crippen LogP contribution in [-0.2, 0) is 6.18 Å². The molecule has 0 saturated carbocycles. The summed E-state index contributed by atoms with van der Waals surface area (Å²) in [5.41, 5.74) is 0.595. The van der Waals surface area contributed by atoms with Gasteiger partial charge in [-0.05, 0) is 24.6 Å². The van der Waals surface area contributed by atoms with E-state index in [0.717, 1.165) is 11.6 Å². The lowest BCUT2D eigenvalue weighted by Crippen LogP contribution is -2.14. The summed E-state index contributed by atoms with van der Waals surface area (Å²) >= 11 is 0. The van der Waals surface area contributed by atoms with Crippen molar-refractivity contribution in [3.05, 3.63) is 41.0 Å². The zero-order valence-corrected chi connectivity index (χ0v) is 10.8. The number of hydrogen-bond donors (Lipinski definition) is 1. The molecule has 0 spiro atoms. The van der Waals surface area contributed by atoms with Crippen LogP contribution in [0.15, 0.2) is 29.8 Å². The summed E-state index contributed by atoms with van der Waals surface area (Å²) in [7, 11) is 1.78. The van der Waals surface area contributed by atoms with Gasteiger partial charge >= 0.3 is 6.18 Å². The minimum atomic E-state index is -4.31. The normalized spacial score (nSPS) is 13.2. The van der Waals surface area contributed by atoms with Crippen LogP contribution >= 0.6 is 0 Å². The SMILES string of the molecule is CNCC(=Cc1ccccc1C(F)(F)F)C(C)C. The van der Waals surface area contributed by atoms with Gasteiger partial charge in [0.25, 0.3) is 0 Å². The van der Waals surface area contributed by atoms with E-state index < -0.39 is 11.7 Å². The lowest BCUT2D eigenvalue weighted by Gasteiger charge is -2.14. The highest BCUT2D eigenvalue weighted by Gasteiger charge is 2.32. The van der Waals surface area contributed by atoms with Crippen LogP contribution in [-0.4, -0.2) is 13.6 Å². The number of rotatable bonds is 4. The molecule has 0 aliphatic carbocycles. The molecule has 0 radical (unpaired) electrons. The minimum Gasteiger partial charge on any atom is -0.316 e. The highest BCUT2D eigenvalue weighted by atomic mass is 19.4. The van der Waals surface area contributed by atoms with E-state index in [-0.39, 0.29) is 11.5 Å². The van der Waals surface area contributed by atoms with Gasteiger partial charge in [-0.1, -0.05) is 43.7 Å². The van der Waals surface area contributed by atoms with Gasteiger partial charge in [0, 0.05) is 6.54 Å². The van der Waals surface area contributed by atoms with Crippen LogP contribution < -0.4 is 5.32 Å². The number of alkyl halides is 3. The van der Waals surface area contributed by atoms with E-state index in [0.29, 0.717) is 6.54 Å². The molecule has 4 heteroatoms. The van der Waals surface area contributed by atoms with E-state index in [2.05, 4.69) is 5.32 Å². The summed E-state index contributed by atoms with van der Waals surface area (Å²) in [5.74, 6) is 0.207. The van der Waals surface area contributed by atoms with Crippen molar-refractivity contribution in [2.24, 2.45) is 5.92 Å². The predicted molar refractivity (Wildman–Crippen MR) is 68.2 cm³/mol. The molecule has 0 aliphatic heterocycles. The molecular formula is C14H18F3N. The Hall–Kier alpha value is -1.29. The molecule has 0 aliphatic rings. The van der Waals surface area contributed by atoms with Crippen molar-refractivity contribution in [1.29, 1.82) is 0 Å². The highest BCUT2D eigenvalue weighted by Crippen LogP contribution is 2.33. The lowest BCUT2D eigenvalue weighted by molar-refractivity contribution is -0.137. The summed E-state index contributed by atoms with van der Waals surface area (Å²) in [6.45, 7) is 4.53. The summed E-state index contributed by atoms with van der Waals surface area (Å²) in [4.78, 5) is 0. The average molecular weight is 257 g/mol. The highest BCUT2D eigenvalue weighted by molar-refractivity contribution is 5.58. The maximum atomic E-state index is 12.8. The van der Waals surface area contributed by atoms with Gasteiger partial charge in [-0.15, -0.1) is 0 Å². The van der Waals surface area contributed by atoms with Gasteiger partial charge in [0.1, 0.15) is 0 Å². The fourth-order valence-electron chi connectivity index (χ4n) is 1.71. The first-order chi connectivity index (χ1) is 8.36. The molecule has 0 unspecified atom stereocenters. The first-order valence-electron chi connectivity index (χ1n) is 5.87. The molecule has 0 aromatic heterocycles. The van der Waals surface area contributed by atoms with Crippen LogP contribution in [0.25, 0.3) is 6.08 Å². The lowest BCUT2D eigenvalue weighted by atomic mass is 9.97. The number of benzene rings is 1. The quantitative estimate of drug-likeness (QED) is 0.860. The van der Waals surface area contributed by atoms with Crippen LogP contribution in [0.5, 0.6) is 0 Å². The van der Waals surface area contributed by atoms with Crippen molar-refractivity contribution in [2.45, 2.75) is 20.0 Å². The van der Waals surface area contributed by atoms with Crippen molar-refractivity contribution < 1.29 is 13.2 Å². The second-order valence-electron chi connectivity index (χ2n) is 4.49. The predicted octanol–water partition coefficient (Wildman–Crippen LogP) is 3.96. The van der Waals surface area contributed by atoms with E-state index in [1.807, 2.05) is 13.8 Å². The van der Waals surface area contributed by atoms with Crippen molar-refractivity contribution in [2.75, 3.05) is 13.6 Å². The third kappa shape index (κ3) is 3.88. The van der Waals surface area contributed by atoms with Gasteiger partial charge in [-0.2, -0.15) is 13.2 Å². The largest absolute Gasteiger partial charge is 0.416 e. The zero-order valence-electron chi connectivity index (χ0n) is 10.8. The van der Waals surface area contributed by atoms with Crippen LogP contribution in [0.4, 0.5) is 13.2 Å². The average Bonchev–Trinajstić information content (AvgIpc) is 2.27. The Balaban J connectivity index is 3.20. The third-order valence-corrected chi connectivity index (χ3v) is 2.73. The fraction of sp³-hybridized carbons (Fsp3) is 0.429. The van der Waals surface area contributed by atoms with Crippen LogP contribution in [0.3, 0.4) is 0 Å². The fourth-order valence-corrected chi connectivity index (χ4v) is 1.71. The maximum Gasteiger partial charge on any atom is 0.416 e. The molecule has 1 aromatic carbocycles. The molecule has 18 heavy (non-hydrogen) atoms. The molecule has 0 heterocycles. The minimum absolute atomic E-state index is 0.207. The molecule has 1 N–H and O–H groups in total. The van der Waals surface area contributed by atoms with Crippen molar-refractivity contribution >= 4 is 6.08 Å². The smallest absolute Gasteiger partial charge is 0.316 e. The second kappa shape index (κ2) is 6.05. The standard InChI is InChI=1S/C14H18F3N/c1-10(2)12(9-18-3)8-11-6-4-5-7-13(11)14(15,16)17/h4-8,10,18H,9H2,1-3H3. The zero-order chi connectivity index (χ0) is 13.8. The molecule has 0 fully saturated rings. The van der Waals surface area contributed by atoms with Gasteiger partial charge in [0.15, 0.2) is 0 Å². The summed E-state index contributed by atoms with van der Waals surface area (Å²) in [6.07, 6.45) is -2.68. The van der Waals surface area contributed by atoms with Gasteiger partial charge in [0.2, 0.25) is 0 Å². The summed E-state index contributed by atoms with van der Waals surface area (Å²) in [6, 6.07) is 5.65. The Morgan fingerprint density at radius 3 is 2.39 bits per heavy atom. The van der Waals surface area contributed by atoms with Crippen molar-refractivity contribution in [3.63, 3.8) is 0 Å². The Morgan fingerprint density at radius 2 is 1.89 bits per heavy atom. The van der Waals surface area contributed by atoms with Crippen molar-refractivity contribution in [1.82, 2.24) is 5.32 Å². The summed E-state index contributed by atoms with van der Waals surface area (Å²) < 4.78 is 38.5. The topological polar surface area (TPSA) is 12.0 Å². The molecule has 0 bridgehead atoms. The van der Waals surface area contributed by atoms with Gasteiger partial charge in [-0.3, -0.25) is 0 Å². The van der Waals surface area contributed by atoms with E-state index in [1.54, 1.807) is 19.2 Å². The molecule has 0 atom stereocenters. The number of hydrogen-bond acceptors (Lipinski definition) is 1. The van der Waals surface area contributed by atoms with Gasteiger partial charge < -0.3 is 5.32 Å². The molecule has 0 saturated heterocycles. The van der Waals surface area contributed by atoms with Crippen LogP contribution in [0, 0.1) is 5.92 Å². The van der Waals surface area contributed by atoms with Gasteiger partial charge in [-0.25, -0.2) is 0 Å². The van der Waals surface area contributed by atoms with Crippen molar-refractivity contribution in [3.8, 4) is 0 Å². The van der Waals surface area contributed by atoms with Gasteiger partial charge in [0.05, 0.1) is 5.56 Å². The first kappa shape index (κ1) is 14.8. The maximum absolute atomic E-state index is 12.8. The number of nitrogens with one attached hydrogen (secondary N) is 1. The Bertz CT molecular complexity index is 419. The summed E-state index contributed by atoms with van der Waals surface area (Å²) in [5, 5.41) is 2.98. The molecule has 1 rings (SSSR count). The van der Waals surface area contributed by atoms with Crippen LogP contribution in [0.1, 0.15) is 25.0 Å². The Morgan fingerprint density at radius 1 is 1.28 bits per heavy atom. The molecular weight excluding hydrogens is 239 g/mol. The Kier molecular flexibility index (Phi) is 4.96. The van der Waals surface area contributed by atoms with E-state index in [4.69, 9.17) is 0 Å². The second-order valence-corrected chi connectivity index (χ2v) is 4.49.